The van der Waals surface area contributed by atoms with Gasteiger partial charge in [0.25, 0.3) is 5.91 Å². The summed E-state index contributed by atoms with van der Waals surface area (Å²) in [5.74, 6) is 0.340. The van der Waals surface area contributed by atoms with Crippen LogP contribution in [0.3, 0.4) is 0 Å². The highest BCUT2D eigenvalue weighted by atomic mass is 19.3. The number of benzene rings is 2. The number of pyridine rings is 1. The van der Waals surface area contributed by atoms with Gasteiger partial charge in [0.15, 0.2) is 11.4 Å². The fourth-order valence-corrected chi connectivity index (χ4v) is 5.47. The van der Waals surface area contributed by atoms with Gasteiger partial charge in [-0.25, -0.2) is 4.98 Å². The summed E-state index contributed by atoms with van der Waals surface area (Å²) in [5.41, 5.74) is 5.98. The molecule has 1 aliphatic rings. The van der Waals surface area contributed by atoms with Gasteiger partial charge in [-0.15, -0.1) is 10.2 Å². The molecule has 6 aromatic rings. The lowest BCUT2D eigenvalue weighted by molar-refractivity contribution is 0.0385. The molecule has 0 aliphatic carbocycles. The molecular formula is C30H26F2N10O2. The number of tetrazole rings is 1. The van der Waals surface area contributed by atoms with Crippen LogP contribution in [-0.4, -0.2) is 82.3 Å². The number of halogens is 2. The monoisotopic (exact) mass is 596 g/mol. The Morgan fingerprint density at radius 2 is 1.82 bits per heavy atom. The minimum Gasteiger partial charge on any atom is -0.436 e. The number of rotatable bonds is 7. The van der Waals surface area contributed by atoms with Crippen molar-refractivity contribution >= 4 is 17.0 Å². The second kappa shape index (κ2) is 11.4. The number of aromatic nitrogens is 8. The van der Waals surface area contributed by atoms with Crippen molar-refractivity contribution in [3.8, 4) is 22.6 Å². The highest BCUT2D eigenvalue weighted by Crippen LogP contribution is 2.30. The number of carbonyl (C=O) groups excluding carboxylic acids is 1. The van der Waals surface area contributed by atoms with E-state index in [4.69, 9.17) is 4.42 Å². The molecule has 0 spiro atoms. The van der Waals surface area contributed by atoms with E-state index in [9.17, 15) is 13.6 Å². The van der Waals surface area contributed by atoms with E-state index in [1.165, 1.54) is 0 Å². The number of piperazine rings is 1. The van der Waals surface area contributed by atoms with E-state index >= 15 is 0 Å². The Labute approximate surface area is 249 Å². The molecule has 14 heteroatoms. The number of alkyl halides is 2. The minimum absolute atomic E-state index is 0.177. The Morgan fingerprint density at radius 1 is 1.00 bits per heavy atom. The first-order valence-corrected chi connectivity index (χ1v) is 14.0. The number of hydrogen-bond acceptors (Lipinski definition) is 9. The predicted molar refractivity (Wildman–Crippen MR) is 154 cm³/mol. The summed E-state index contributed by atoms with van der Waals surface area (Å²) in [7, 11) is 0. The smallest absolute Gasteiger partial charge is 0.350 e. The Balaban J connectivity index is 1.08. The summed E-state index contributed by atoms with van der Waals surface area (Å²) < 4.78 is 32.4. The number of nitrogens with zero attached hydrogens (tertiary/aromatic N) is 9. The molecule has 1 amide bonds. The first kappa shape index (κ1) is 27.5. The third-order valence-corrected chi connectivity index (χ3v) is 7.70. The molecular weight excluding hydrogens is 570 g/mol. The van der Waals surface area contributed by atoms with Crippen LogP contribution >= 0.6 is 0 Å². The number of fused-ring (bicyclic) bond motifs is 1. The van der Waals surface area contributed by atoms with Gasteiger partial charge in [0.2, 0.25) is 5.89 Å². The van der Waals surface area contributed by atoms with Crippen molar-refractivity contribution in [1.82, 2.24) is 50.2 Å². The number of hydrogen-bond donors (Lipinski definition) is 1. The van der Waals surface area contributed by atoms with Crippen molar-refractivity contribution in [3.05, 3.63) is 95.8 Å². The molecule has 1 fully saturated rings. The highest BCUT2D eigenvalue weighted by Gasteiger charge is 2.32. The minimum atomic E-state index is -2.89. The number of aryl methyl sites for hydroxylation is 1. The summed E-state index contributed by atoms with van der Waals surface area (Å²) in [5, 5.41) is 18.4. The zero-order chi connectivity index (χ0) is 30.2. The molecule has 1 aliphatic heterocycles. The number of aromatic amines is 1. The summed E-state index contributed by atoms with van der Waals surface area (Å²) in [4.78, 5) is 26.6. The largest absolute Gasteiger partial charge is 0.436 e. The molecule has 0 saturated carbocycles. The molecule has 0 bridgehead atoms. The summed E-state index contributed by atoms with van der Waals surface area (Å²) in [6.07, 6.45) is 3.34. The number of nitrogens with one attached hydrogen (secondary N) is 1. The van der Waals surface area contributed by atoms with Gasteiger partial charge in [-0.2, -0.15) is 13.9 Å². The van der Waals surface area contributed by atoms with Crippen molar-refractivity contribution in [3.63, 3.8) is 0 Å². The molecule has 12 nitrogen and oxygen atoms in total. The van der Waals surface area contributed by atoms with Crippen molar-refractivity contribution in [2.24, 2.45) is 0 Å². The van der Waals surface area contributed by atoms with Crippen LogP contribution in [0.15, 0.2) is 77.5 Å². The van der Waals surface area contributed by atoms with Crippen LogP contribution in [0, 0.1) is 6.92 Å². The van der Waals surface area contributed by atoms with Crippen LogP contribution in [0.4, 0.5) is 8.78 Å². The van der Waals surface area contributed by atoms with Gasteiger partial charge in [0.1, 0.15) is 11.2 Å². The molecule has 1 N–H and O–H groups in total. The molecule has 1 saturated heterocycles. The van der Waals surface area contributed by atoms with Crippen molar-refractivity contribution in [1.29, 1.82) is 0 Å². The lowest BCUT2D eigenvalue weighted by Crippen LogP contribution is -2.50. The van der Waals surface area contributed by atoms with E-state index in [1.54, 1.807) is 29.4 Å². The molecule has 0 unspecified atom stereocenters. The highest BCUT2D eigenvalue weighted by molar-refractivity contribution is 5.93. The van der Waals surface area contributed by atoms with Crippen LogP contribution < -0.4 is 0 Å². The first-order chi connectivity index (χ1) is 21.4. The Kier molecular flexibility index (Phi) is 7.10. The Morgan fingerprint density at radius 3 is 2.55 bits per heavy atom. The topological polar surface area (TPSA) is 135 Å². The maximum Gasteiger partial charge on any atom is 0.350 e. The van der Waals surface area contributed by atoms with E-state index in [2.05, 4.69) is 40.5 Å². The zero-order valence-corrected chi connectivity index (χ0v) is 23.5. The standard InChI is InChI=1S/C30H26F2N10O2/c1-18-22(17-34-36-18)20-7-8-25-23(15-20)35-28(44-25)21-9-10-33-24(16-21)29(43)41-13-11-40(12-14-41)26(19-5-3-2-4-6-19)27-37-39-42(38-27)30(31)32/h2-10,15-17,26,30H,11-14H2,1H3,(H,34,36)/t26-/m0/s1. The number of amides is 1. The molecule has 0 radical (unpaired) electrons. The Bertz CT molecular complexity index is 1930. The van der Waals surface area contributed by atoms with Gasteiger partial charge in [-0.1, -0.05) is 41.2 Å². The van der Waals surface area contributed by atoms with Crippen LogP contribution in [-0.2, 0) is 0 Å². The van der Waals surface area contributed by atoms with Crippen LogP contribution in [0.2, 0.25) is 0 Å². The number of carbonyl (C=O) groups is 1. The van der Waals surface area contributed by atoms with E-state index in [0.29, 0.717) is 53.5 Å². The molecule has 7 rings (SSSR count). The van der Waals surface area contributed by atoms with Crippen molar-refractivity contribution < 1.29 is 18.0 Å². The third-order valence-electron chi connectivity index (χ3n) is 7.70. The maximum absolute atomic E-state index is 13.5. The quantitative estimate of drug-likeness (QED) is 0.282. The van der Waals surface area contributed by atoms with Gasteiger partial charge in [0, 0.05) is 49.2 Å². The molecule has 222 valence electrons. The zero-order valence-electron chi connectivity index (χ0n) is 23.5. The maximum atomic E-state index is 13.5. The Hall–Kier alpha value is -5.37. The van der Waals surface area contributed by atoms with Crippen LogP contribution in [0.1, 0.15) is 40.2 Å². The van der Waals surface area contributed by atoms with E-state index in [1.807, 2.05) is 55.5 Å². The van der Waals surface area contributed by atoms with Crippen LogP contribution in [0.25, 0.3) is 33.7 Å². The van der Waals surface area contributed by atoms with Gasteiger partial charge >= 0.3 is 6.55 Å². The lowest BCUT2D eigenvalue weighted by Gasteiger charge is -2.38. The van der Waals surface area contributed by atoms with Crippen molar-refractivity contribution in [2.75, 3.05) is 26.2 Å². The summed E-state index contributed by atoms with van der Waals surface area (Å²) >= 11 is 0. The summed E-state index contributed by atoms with van der Waals surface area (Å²) in [6.45, 7) is 0.809. The molecule has 44 heavy (non-hydrogen) atoms. The van der Waals surface area contributed by atoms with Gasteiger partial charge in [0.05, 0.1) is 12.2 Å². The summed E-state index contributed by atoms with van der Waals surface area (Å²) in [6, 6.07) is 18.1. The molecule has 5 heterocycles. The second-order valence-corrected chi connectivity index (χ2v) is 10.4. The first-order valence-electron chi connectivity index (χ1n) is 14.0. The van der Waals surface area contributed by atoms with Crippen molar-refractivity contribution in [2.45, 2.75) is 19.5 Å². The second-order valence-electron chi connectivity index (χ2n) is 10.4. The average Bonchev–Trinajstić information content (AvgIpc) is 3.82. The van der Waals surface area contributed by atoms with Gasteiger partial charge < -0.3 is 9.32 Å². The SMILES string of the molecule is Cc1[nH]ncc1-c1ccc2oc(-c3ccnc(C(=O)N4CCN([C@@H](c5ccccc5)c5nnn(C(F)F)n5)CC4)c3)nc2c1. The molecule has 2 aromatic carbocycles. The average molecular weight is 597 g/mol. The molecule has 1 atom stereocenters. The van der Waals surface area contributed by atoms with Gasteiger partial charge in [-0.05, 0) is 47.5 Å². The fourth-order valence-electron chi connectivity index (χ4n) is 5.47. The van der Waals surface area contributed by atoms with E-state index in [-0.39, 0.29) is 17.4 Å². The molecule has 4 aromatic heterocycles. The van der Waals surface area contributed by atoms with Gasteiger partial charge in [-0.3, -0.25) is 19.8 Å². The third kappa shape index (κ3) is 5.19. The number of oxazole rings is 1. The number of H-pyrrole nitrogens is 1. The van der Waals surface area contributed by atoms with Crippen LogP contribution in [0.5, 0.6) is 0 Å². The fraction of sp³-hybridized carbons (Fsp3) is 0.233. The van der Waals surface area contributed by atoms with E-state index < -0.39 is 12.6 Å². The predicted octanol–water partition coefficient (Wildman–Crippen LogP) is 4.52. The van der Waals surface area contributed by atoms with E-state index in [0.717, 1.165) is 22.4 Å². The normalized spacial score (nSPS) is 14.9. The lowest BCUT2D eigenvalue weighted by atomic mass is 10.0.